The highest BCUT2D eigenvalue weighted by Gasteiger charge is 2.43. The van der Waals surface area contributed by atoms with Crippen molar-refractivity contribution in [3.05, 3.63) is 24.3 Å². The Kier molecular flexibility index (Phi) is 16.6. The predicted molar refractivity (Wildman–Crippen MR) is 175 cm³/mol. The van der Waals surface area contributed by atoms with Gasteiger partial charge in [0.15, 0.2) is 12.1 Å². The highest BCUT2D eigenvalue weighted by Crippen LogP contribution is 2.25. The molecular formula is C34H58N4O7. The van der Waals surface area contributed by atoms with Crippen molar-refractivity contribution < 1.29 is 33.8 Å². The third kappa shape index (κ3) is 12.0. The fraction of sp³-hybridized carbons (Fsp3) is 0.765. The summed E-state index contributed by atoms with van der Waals surface area (Å²) in [4.78, 5) is 52.2. The largest absolute Gasteiger partial charge is 0.449 e. The van der Waals surface area contributed by atoms with E-state index in [1.165, 1.54) is 0 Å². The van der Waals surface area contributed by atoms with Crippen LogP contribution >= 0.6 is 0 Å². The smallest absolute Gasteiger partial charge is 0.409 e. The third-order valence-electron chi connectivity index (χ3n) is 9.52. The first-order chi connectivity index (χ1) is 21.4. The summed E-state index contributed by atoms with van der Waals surface area (Å²) in [6, 6.07) is -0.136. The van der Waals surface area contributed by atoms with Gasteiger partial charge in [0.1, 0.15) is 11.6 Å². The Hall–Kier alpha value is -2.44. The van der Waals surface area contributed by atoms with Crippen molar-refractivity contribution in [2.75, 3.05) is 47.4 Å². The molecule has 0 aliphatic carbocycles. The van der Waals surface area contributed by atoms with Gasteiger partial charge < -0.3 is 30.1 Å². The van der Waals surface area contributed by atoms with Crippen LogP contribution in [0.3, 0.4) is 0 Å². The van der Waals surface area contributed by atoms with Crippen molar-refractivity contribution in [1.82, 2.24) is 20.4 Å². The zero-order chi connectivity index (χ0) is 33.5. The summed E-state index contributed by atoms with van der Waals surface area (Å²) in [5.41, 5.74) is -1.22. The quantitative estimate of drug-likeness (QED) is 0.0977. The Bertz CT molecular complexity index is 1030. The molecule has 0 saturated carbocycles. The molecule has 0 aromatic heterocycles. The Balaban J connectivity index is 1.60. The minimum Gasteiger partial charge on any atom is -0.449 e. The van der Waals surface area contributed by atoms with Crippen LogP contribution in [0.15, 0.2) is 24.3 Å². The van der Waals surface area contributed by atoms with Gasteiger partial charge in [-0.05, 0) is 106 Å². The van der Waals surface area contributed by atoms with Gasteiger partial charge in [-0.3, -0.25) is 19.3 Å². The lowest BCUT2D eigenvalue weighted by atomic mass is 9.83. The van der Waals surface area contributed by atoms with E-state index in [2.05, 4.69) is 22.8 Å². The molecule has 11 nitrogen and oxygen atoms in total. The van der Waals surface area contributed by atoms with E-state index in [4.69, 9.17) is 9.47 Å². The molecule has 11 heteroatoms. The van der Waals surface area contributed by atoms with Crippen LogP contribution in [-0.4, -0.2) is 115 Å². The number of likely N-dealkylation sites (N-methyl/N-ethyl adjacent to an activating group) is 3. The van der Waals surface area contributed by atoms with Gasteiger partial charge in [-0.25, -0.2) is 4.79 Å². The van der Waals surface area contributed by atoms with Crippen LogP contribution in [0.5, 0.6) is 0 Å². The average molecular weight is 635 g/mol. The van der Waals surface area contributed by atoms with Gasteiger partial charge in [-0.2, -0.15) is 0 Å². The summed E-state index contributed by atoms with van der Waals surface area (Å²) in [6.07, 6.45) is 14.7. The number of carbonyl (C=O) groups excluding carboxylic acids is 4. The monoisotopic (exact) mass is 634 g/mol. The molecule has 2 aliphatic heterocycles. The van der Waals surface area contributed by atoms with E-state index in [1.54, 1.807) is 32.7 Å². The van der Waals surface area contributed by atoms with E-state index in [1.807, 2.05) is 31.1 Å². The second-order valence-electron chi connectivity index (χ2n) is 12.7. The zero-order valence-corrected chi connectivity index (χ0v) is 28.4. The number of nitrogens with zero attached hydrogens (tertiary/aromatic N) is 2. The second-order valence-corrected chi connectivity index (χ2v) is 12.7. The standard InChI is InChI=1S/C34H58N4O7/c1-26(39)30-23-29(24-37(30)6)45-31(42)17-13-9-11-15-19-33(35-4,27(2)40)18-14-10-7-8-12-16-22-44-32(43)38-21-20-34(25-38,36-5)28(3)41/h7-9,13,29-31,35-36,42H,10-12,14-25H2,1-6H3/b8-7+,13-9+/t29-,30+,31?,33?,34-/m0/s1. The van der Waals surface area contributed by atoms with Crippen LogP contribution in [0.1, 0.15) is 91.4 Å². The maximum atomic E-state index is 12.6. The van der Waals surface area contributed by atoms with Crippen molar-refractivity contribution in [2.45, 2.75) is 121 Å². The first kappa shape index (κ1) is 38.7. The number of unbranched alkanes of at least 4 members (excludes halogenated alkanes) is 3. The highest BCUT2D eigenvalue weighted by molar-refractivity contribution is 5.88. The molecule has 2 saturated heterocycles. The Labute approximate surface area is 270 Å². The van der Waals surface area contributed by atoms with Gasteiger partial charge in [0.05, 0.1) is 29.8 Å². The predicted octanol–water partition coefficient (Wildman–Crippen LogP) is 3.54. The molecule has 2 fully saturated rings. The zero-order valence-electron chi connectivity index (χ0n) is 28.4. The number of ether oxygens (including phenoxy) is 2. The summed E-state index contributed by atoms with van der Waals surface area (Å²) in [7, 11) is 5.50. The topological polar surface area (TPSA) is 138 Å². The number of ketones is 3. The number of aliphatic hydroxyl groups excluding tert-OH is 1. The number of likely N-dealkylation sites (tertiary alicyclic amines) is 2. The van der Waals surface area contributed by atoms with Gasteiger partial charge in [-0.1, -0.05) is 24.3 Å². The molecule has 0 spiro atoms. The number of nitrogens with one attached hydrogen (secondary N) is 2. The minimum absolute atomic E-state index is 0.0339. The first-order valence-electron chi connectivity index (χ1n) is 16.6. The van der Waals surface area contributed by atoms with Crippen LogP contribution in [0.2, 0.25) is 0 Å². The Morgan fingerprint density at radius 1 is 1.00 bits per heavy atom. The summed E-state index contributed by atoms with van der Waals surface area (Å²) in [5, 5.41) is 16.6. The maximum Gasteiger partial charge on any atom is 0.409 e. The molecule has 0 aromatic rings. The Morgan fingerprint density at radius 2 is 1.62 bits per heavy atom. The van der Waals surface area contributed by atoms with Gasteiger partial charge in [0.2, 0.25) is 0 Å². The minimum atomic E-state index is -0.898. The number of allylic oxidation sites excluding steroid dienone is 3. The molecule has 5 atom stereocenters. The number of hydrogen-bond donors (Lipinski definition) is 3. The summed E-state index contributed by atoms with van der Waals surface area (Å²) in [5.74, 6) is 0.298. The van der Waals surface area contributed by atoms with Gasteiger partial charge in [-0.15, -0.1) is 0 Å². The van der Waals surface area contributed by atoms with E-state index >= 15 is 0 Å². The van der Waals surface area contributed by atoms with Crippen LogP contribution in [0.25, 0.3) is 0 Å². The normalized spacial score (nSPS) is 24.4. The summed E-state index contributed by atoms with van der Waals surface area (Å²) >= 11 is 0. The SMILES string of the molecule is CNC(CCC/C=C/CCCOC(=O)N1CC[C@@](NC)(C(C)=O)C1)(CCC/C=C/CC(O)O[C@H]1C[C@H](C(C)=O)N(C)C1)C(C)=O. The van der Waals surface area contributed by atoms with Gasteiger partial charge >= 0.3 is 6.09 Å². The molecule has 2 heterocycles. The molecule has 2 aliphatic rings. The van der Waals surface area contributed by atoms with E-state index in [0.717, 1.165) is 51.4 Å². The summed E-state index contributed by atoms with van der Waals surface area (Å²) in [6.45, 7) is 6.60. The molecule has 2 unspecified atom stereocenters. The number of carbonyl (C=O) groups is 4. The molecule has 1 amide bonds. The van der Waals surface area contributed by atoms with Gasteiger partial charge in [0.25, 0.3) is 0 Å². The molecule has 256 valence electrons. The lowest BCUT2D eigenvalue weighted by molar-refractivity contribution is -0.130. The first-order valence-corrected chi connectivity index (χ1v) is 16.6. The fourth-order valence-electron chi connectivity index (χ4n) is 6.40. The average Bonchev–Trinajstić information content (AvgIpc) is 3.61. The molecule has 45 heavy (non-hydrogen) atoms. The molecule has 0 radical (unpaired) electrons. The number of rotatable bonds is 21. The van der Waals surface area contributed by atoms with E-state index < -0.39 is 17.4 Å². The lowest BCUT2D eigenvalue weighted by Crippen LogP contribution is -2.51. The molecule has 0 aromatic carbocycles. The number of Topliss-reactive ketones (excluding diaryl/α,β-unsaturated/α-hetero) is 3. The van der Waals surface area contributed by atoms with Crippen LogP contribution in [-0.2, 0) is 23.9 Å². The fourth-order valence-corrected chi connectivity index (χ4v) is 6.40. The Morgan fingerprint density at radius 3 is 2.13 bits per heavy atom. The molecule has 3 N–H and O–H groups in total. The lowest BCUT2D eigenvalue weighted by Gasteiger charge is -2.31. The van der Waals surface area contributed by atoms with E-state index in [-0.39, 0.29) is 35.6 Å². The number of amides is 1. The van der Waals surface area contributed by atoms with E-state index in [0.29, 0.717) is 45.5 Å². The van der Waals surface area contributed by atoms with Crippen molar-refractivity contribution in [3.8, 4) is 0 Å². The molecule has 2 rings (SSSR count). The maximum absolute atomic E-state index is 12.6. The number of aliphatic hydroxyl groups is 1. The van der Waals surface area contributed by atoms with Crippen molar-refractivity contribution in [1.29, 1.82) is 0 Å². The van der Waals surface area contributed by atoms with Crippen molar-refractivity contribution in [3.63, 3.8) is 0 Å². The highest BCUT2D eigenvalue weighted by atomic mass is 16.6. The molecular weight excluding hydrogens is 576 g/mol. The second kappa shape index (κ2) is 19.3. The summed E-state index contributed by atoms with van der Waals surface area (Å²) < 4.78 is 11.1. The molecule has 0 bridgehead atoms. The van der Waals surface area contributed by atoms with Crippen LogP contribution in [0.4, 0.5) is 4.79 Å². The van der Waals surface area contributed by atoms with Crippen molar-refractivity contribution in [2.24, 2.45) is 0 Å². The number of hydrogen-bond acceptors (Lipinski definition) is 10. The third-order valence-corrected chi connectivity index (χ3v) is 9.52. The van der Waals surface area contributed by atoms with Crippen LogP contribution < -0.4 is 10.6 Å². The van der Waals surface area contributed by atoms with Crippen LogP contribution in [0, 0.1) is 0 Å². The van der Waals surface area contributed by atoms with Gasteiger partial charge in [0, 0.05) is 26.1 Å². The van der Waals surface area contributed by atoms with Crippen molar-refractivity contribution >= 4 is 23.4 Å². The van der Waals surface area contributed by atoms with E-state index in [9.17, 15) is 24.3 Å².